The first-order valence-corrected chi connectivity index (χ1v) is 9.91. The highest BCUT2D eigenvalue weighted by molar-refractivity contribution is 5.68. The summed E-state index contributed by atoms with van der Waals surface area (Å²) in [5.41, 5.74) is 2.09. The number of hydrogen-bond donors (Lipinski definition) is 0. The van der Waals surface area contributed by atoms with Crippen molar-refractivity contribution >= 4 is 11.9 Å². The number of benzene rings is 1. The van der Waals surface area contributed by atoms with Gasteiger partial charge in [0.15, 0.2) is 0 Å². The van der Waals surface area contributed by atoms with Crippen LogP contribution in [0.2, 0.25) is 0 Å². The van der Waals surface area contributed by atoms with Crippen LogP contribution in [-0.4, -0.2) is 35.6 Å². The molecule has 1 aromatic heterocycles. The molecule has 0 N–H and O–H groups in total. The lowest BCUT2D eigenvalue weighted by atomic mass is 9.97. The SMILES string of the molecule is CCN(CC)c1ccc([C@@H]2CCCCN2C(=O)OCc2ccccc2)cn1. The number of hydrogen-bond acceptors (Lipinski definition) is 4. The molecule has 0 bridgehead atoms. The van der Waals surface area contributed by atoms with Crippen molar-refractivity contribution in [3.05, 3.63) is 59.8 Å². The average molecular weight is 367 g/mol. The summed E-state index contributed by atoms with van der Waals surface area (Å²) in [4.78, 5) is 21.4. The van der Waals surface area contributed by atoms with Crippen molar-refractivity contribution in [2.24, 2.45) is 0 Å². The Hall–Kier alpha value is -2.56. The van der Waals surface area contributed by atoms with E-state index in [9.17, 15) is 4.79 Å². The molecule has 1 aliphatic heterocycles. The fraction of sp³-hybridized carbons (Fsp3) is 0.455. The van der Waals surface area contributed by atoms with Gasteiger partial charge in [-0.15, -0.1) is 0 Å². The molecular weight excluding hydrogens is 338 g/mol. The second kappa shape index (κ2) is 9.40. The first kappa shape index (κ1) is 19.2. The Labute approximate surface area is 162 Å². The zero-order valence-corrected chi connectivity index (χ0v) is 16.3. The number of ether oxygens (including phenoxy) is 1. The van der Waals surface area contributed by atoms with Crippen LogP contribution in [0.4, 0.5) is 10.6 Å². The van der Waals surface area contributed by atoms with Crippen LogP contribution in [0.15, 0.2) is 48.7 Å². The molecule has 0 spiro atoms. The molecule has 2 aromatic rings. The summed E-state index contributed by atoms with van der Waals surface area (Å²) >= 11 is 0. The Morgan fingerprint density at radius 1 is 1.15 bits per heavy atom. The molecule has 0 unspecified atom stereocenters. The molecule has 27 heavy (non-hydrogen) atoms. The van der Waals surface area contributed by atoms with E-state index in [0.717, 1.165) is 55.8 Å². The maximum atomic E-state index is 12.7. The largest absolute Gasteiger partial charge is 0.445 e. The van der Waals surface area contributed by atoms with Crippen LogP contribution in [0.3, 0.4) is 0 Å². The average Bonchev–Trinajstić information content (AvgIpc) is 2.74. The Balaban J connectivity index is 1.68. The normalized spacial score (nSPS) is 16.8. The van der Waals surface area contributed by atoms with Gasteiger partial charge in [0, 0.05) is 25.8 Å². The Morgan fingerprint density at radius 3 is 2.59 bits per heavy atom. The summed E-state index contributed by atoms with van der Waals surface area (Å²) in [5.74, 6) is 0.984. The third-order valence-electron chi connectivity index (χ3n) is 5.19. The smallest absolute Gasteiger partial charge is 0.410 e. The fourth-order valence-corrected chi connectivity index (χ4v) is 3.63. The van der Waals surface area contributed by atoms with E-state index in [1.54, 1.807) is 0 Å². The highest BCUT2D eigenvalue weighted by Crippen LogP contribution is 2.31. The Bertz CT molecular complexity index is 714. The van der Waals surface area contributed by atoms with E-state index in [4.69, 9.17) is 4.74 Å². The van der Waals surface area contributed by atoms with Crippen molar-refractivity contribution in [1.29, 1.82) is 0 Å². The van der Waals surface area contributed by atoms with Gasteiger partial charge in [0.2, 0.25) is 0 Å². The van der Waals surface area contributed by atoms with E-state index in [1.807, 2.05) is 41.4 Å². The molecule has 5 nitrogen and oxygen atoms in total. The topological polar surface area (TPSA) is 45.7 Å². The van der Waals surface area contributed by atoms with Gasteiger partial charge in [-0.2, -0.15) is 0 Å². The Kier molecular flexibility index (Phi) is 6.69. The number of amides is 1. The van der Waals surface area contributed by atoms with E-state index in [2.05, 4.69) is 35.9 Å². The number of pyridine rings is 1. The summed E-state index contributed by atoms with van der Waals surface area (Å²) in [6.07, 6.45) is 4.76. The minimum Gasteiger partial charge on any atom is -0.445 e. The number of rotatable bonds is 6. The predicted molar refractivity (Wildman–Crippen MR) is 108 cm³/mol. The van der Waals surface area contributed by atoms with Crippen LogP contribution in [0.5, 0.6) is 0 Å². The molecule has 1 amide bonds. The summed E-state index contributed by atoms with van der Waals surface area (Å²) in [6, 6.07) is 14.0. The number of nitrogens with zero attached hydrogens (tertiary/aromatic N) is 3. The van der Waals surface area contributed by atoms with E-state index in [1.165, 1.54) is 0 Å². The van der Waals surface area contributed by atoms with Crippen molar-refractivity contribution in [2.45, 2.75) is 45.8 Å². The van der Waals surface area contributed by atoms with Gasteiger partial charge in [-0.05, 0) is 50.3 Å². The van der Waals surface area contributed by atoms with Crippen molar-refractivity contribution in [2.75, 3.05) is 24.5 Å². The first-order chi connectivity index (χ1) is 13.2. The van der Waals surface area contributed by atoms with E-state index < -0.39 is 0 Å². The van der Waals surface area contributed by atoms with Crippen molar-refractivity contribution < 1.29 is 9.53 Å². The second-order valence-corrected chi connectivity index (χ2v) is 6.87. The number of carbonyl (C=O) groups is 1. The second-order valence-electron chi connectivity index (χ2n) is 6.87. The highest BCUT2D eigenvalue weighted by atomic mass is 16.6. The maximum absolute atomic E-state index is 12.7. The van der Waals surface area contributed by atoms with Gasteiger partial charge >= 0.3 is 6.09 Å². The molecule has 1 atom stereocenters. The lowest BCUT2D eigenvalue weighted by Gasteiger charge is -2.35. The quantitative estimate of drug-likeness (QED) is 0.736. The molecule has 0 aliphatic carbocycles. The highest BCUT2D eigenvalue weighted by Gasteiger charge is 2.29. The van der Waals surface area contributed by atoms with Crippen LogP contribution in [0.25, 0.3) is 0 Å². The van der Waals surface area contributed by atoms with Crippen molar-refractivity contribution in [1.82, 2.24) is 9.88 Å². The van der Waals surface area contributed by atoms with Gasteiger partial charge in [0.05, 0.1) is 6.04 Å². The lowest BCUT2D eigenvalue weighted by Crippen LogP contribution is -2.38. The summed E-state index contributed by atoms with van der Waals surface area (Å²) in [6.45, 7) is 7.17. The third-order valence-corrected chi connectivity index (χ3v) is 5.19. The number of aromatic nitrogens is 1. The van der Waals surface area contributed by atoms with E-state index >= 15 is 0 Å². The molecule has 0 radical (unpaired) electrons. The summed E-state index contributed by atoms with van der Waals surface area (Å²) in [5, 5.41) is 0. The molecule has 0 saturated carbocycles. The standard InChI is InChI=1S/C22H29N3O2/c1-3-24(4-2)21-14-13-19(16-23-21)20-12-8-9-15-25(20)22(26)27-17-18-10-6-5-7-11-18/h5-7,10-11,13-14,16,20H,3-4,8-9,12,15,17H2,1-2H3/t20-/m0/s1. The van der Waals surface area contributed by atoms with Gasteiger partial charge in [-0.25, -0.2) is 9.78 Å². The molecule has 1 aliphatic rings. The summed E-state index contributed by atoms with van der Waals surface area (Å²) < 4.78 is 5.57. The minimum atomic E-state index is -0.239. The zero-order valence-electron chi connectivity index (χ0n) is 16.3. The van der Waals surface area contributed by atoms with Gasteiger partial charge in [0.25, 0.3) is 0 Å². The molecule has 3 rings (SSSR count). The minimum absolute atomic E-state index is 0.0419. The van der Waals surface area contributed by atoms with Crippen molar-refractivity contribution in [3.63, 3.8) is 0 Å². The molecular formula is C22H29N3O2. The van der Waals surface area contributed by atoms with Crippen LogP contribution in [0.1, 0.15) is 50.3 Å². The molecule has 1 aromatic carbocycles. The van der Waals surface area contributed by atoms with Crippen LogP contribution >= 0.6 is 0 Å². The Morgan fingerprint density at radius 2 is 1.93 bits per heavy atom. The predicted octanol–water partition coefficient (Wildman–Crippen LogP) is 4.79. The number of carbonyl (C=O) groups excluding carboxylic acids is 1. The van der Waals surface area contributed by atoms with Crippen LogP contribution in [0, 0.1) is 0 Å². The summed E-state index contributed by atoms with van der Waals surface area (Å²) in [7, 11) is 0. The maximum Gasteiger partial charge on any atom is 0.410 e. The van der Waals surface area contributed by atoms with E-state index in [-0.39, 0.29) is 12.1 Å². The molecule has 144 valence electrons. The van der Waals surface area contributed by atoms with Gasteiger partial charge < -0.3 is 14.5 Å². The monoisotopic (exact) mass is 367 g/mol. The number of anilines is 1. The number of piperidine rings is 1. The van der Waals surface area contributed by atoms with Gasteiger partial charge in [0.1, 0.15) is 12.4 Å². The van der Waals surface area contributed by atoms with Gasteiger partial charge in [-0.3, -0.25) is 0 Å². The van der Waals surface area contributed by atoms with Gasteiger partial charge in [-0.1, -0.05) is 36.4 Å². The van der Waals surface area contributed by atoms with Crippen LogP contribution in [-0.2, 0) is 11.3 Å². The third kappa shape index (κ3) is 4.79. The van der Waals surface area contributed by atoms with Crippen molar-refractivity contribution in [3.8, 4) is 0 Å². The molecule has 1 saturated heterocycles. The molecule has 2 heterocycles. The lowest BCUT2D eigenvalue weighted by molar-refractivity contribution is 0.0678. The van der Waals surface area contributed by atoms with Crippen LogP contribution < -0.4 is 4.90 Å². The van der Waals surface area contributed by atoms with E-state index in [0.29, 0.717) is 6.61 Å². The first-order valence-electron chi connectivity index (χ1n) is 9.91. The fourth-order valence-electron chi connectivity index (χ4n) is 3.63. The zero-order chi connectivity index (χ0) is 19.1. The molecule has 1 fully saturated rings. The number of likely N-dealkylation sites (tertiary alicyclic amines) is 1. The molecule has 5 heteroatoms.